The third-order valence-electron chi connectivity index (χ3n) is 1.93. The molecule has 16 heavy (non-hydrogen) atoms. The Morgan fingerprint density at radius 1 is 1.50 bits per heavy atom. The van der Waals surface area contributed by atoms with Gasteiger partial charge >= 0.3 is 0 Å². The number of hydrogen-bond acceptors (Lipinski definition) is 4. The lowest BCUT2D eigenvalue weighted by Gasteiger charge is -2.13. The van der Waals surface area contributed by atoms with Crippen molar-refractivity contribution in [2.24, 2.45) is 10.1 Å². The molecule has 86 valence electrons. The first-order valence-electron chi connectivity index (χ1n) is 4.90. The second-order valence-corrected chi connectivity index (χ2v) is 3.06. The zero-order valence-electron chi connectivity index (χ0n) is 9.34. The fourth-order valence-electron chi connectivity index (χ4n) is 1.16. The normalized spacial score (nSPS) is 10.3. The number of aliphatic imine (C=N–C) groups is 1. The van der Waals surface area contributed by atoms with Crippen LogP contribution < -0.4 is 10.5 Å². The maximum absolute atomic E-state index is 5.73. The molecule has 0 amide bonds. The molecule has 0 aromatic heterocycles. The number of anilines is 1. The molecule has 5 heteroatoms. The lowest BCUT2D eigenvalue weighted by atomic mass is 10.3. The SMILES string of the molecule is C=NN(C=NC)CCOc1ccccc1N. The second kappa shape index (κ2) is 6.44. The summed E-state index contributed by atoms with van der Waals surface area (Å²) >= 11 is 0. The molecule has 0 saturated carbocycles. The molecule has 0 atom stereocenters. The molecular weight excluding hydrogens is 204 g/mol. The Kier molecular flexibility index (Phi) is 4.85. The molecule has 0 saturated heterocycles. The Morgan fingerprint density at radius 2 is 2.25 bits per heavy atom. The molecule has 0 aliphatic heterocycles. The largest absolute Gasteiger partial charge is 0.489 e. The Balaban J connectivity index is 2.41. The zero-order valence-corrected chi connectivity index (χ0v) is 9.34. The molecule has 2 N–H and O–H groups in total. The lowest BCUT2D eigenvalue weighted by Crippen LogP contribution is -2.21. The summed E-state index contributed by atoms with van der Waals surface area (Å²) in [5.74, 6) is 0.681. The number of benzene rings is 1. The second-order valence-electron chi connectivity index (χ2n) is 3.06. The summed E-state index contributed by atoms with van der Waals surface area (Å²) in [7, 11) is 1.67. The molecule has 1 aromatic rings. The first kappa shape index (κ1) is 12.0. The summed E-state index contributed by atoms with van der Waals surface area (Å²) in [6.45, 7) is 4.48. The Morgan fingerprint density at radius 3 is 2.88 bits per heavy atom. The number of nitrogens with zero attached hydrogens (tertiary/aromatic N) is 3. The summed E-state index contributed by atoms with van der Waals surface area (Å²) in [6, 6.07) is 7.37. The molecule has 0 spiro atoms. The predicted molar refractivity (Wildman–Crippen MR) is 67.0 cm³/mol. The van der Waals surface area contributed by atoms with E-state index in [-0.39, 0.29) is 0 Å². The van der Waals surface area contributed by atoms with Gasteiger partial charge in [-0.3, -0.25) is 10.0 Å². The van der Waals surface area contributed by atoms with E-state index in [0.717, 1.165) is 0 Å². The molecule has 1 aromatic carbocycles. The fourth-order valence-corrected chi connectivity index (χ4v) is 1.16. The van der Waals surface area contributed by atoms with Crippen LogP contribution in [0.25, 0.3) is 0 Å². The highest BCUT2D eigenvalue weighted by Crippen LogP contribution is 2.19. The van der Waals surface area contributed by atoms with Crippen LogP contribution in [-0.4, -0.2) is 38.3 Å². The Bertz CT molecular complexity index is 365. The quantitative estimate of drug-likeness (QED) is 0.339. The average molecular weight is 220 g/mol. The van der Waals surface area contributed by atoms with Crippen LogP contribution >= 0.6 is 0 Å². The Hall–Kier alpha value is -2.04. The molecule has 0 aliphatic carbocycles. The number of hydrogen-bond donors (Lipinski definition) is 1. The highest BCUT2D eigenvalue weighted by Gasteiger charge is 2.00. The maximum atomic E-state index is 5.73. The van der Waals surface area contributed by atoms with E-state index in [1.807, 2.05) is 18.2 Å². The van der Waals surface area contributed by atoms with Crippen molar-refractivity contribution in [3.05, 3.63) is 24.3 Å². The van der Waals surface area contributed by atoms with Crippen molar-refractivity contribution >= 4 is 18.7 Å². The number of nitrogens with two attached hydrogens (primary N) is 1. The summed E-state index contributed by atoms with van der Waals surface area (Å²) < 4.78 is 5.50. The molecule has 0 fully saturated rings. The van der Waals surface area contributed by atoms with Gasteiger partial charge in [-0.1, -0.05) is 12.1 Å². The minimum absolute atomic E-state index is 0.471. The van der Waals surface area contributed by atoms with Gasteiger partial charge in [0.25, 0.3) is 0 Å². The van der Waals surface area contributed by atoms with Crippen molar-refractivity contribution in [1.82, 2.24) is 5.01 Å². The van der Waals surface area contributed by atoms with E-state index in [4.69, 9.17) is 10.5 Å². The number of ether oxygens (including phenoxy) is 1. The van der Waals surface area contributed by atoms with Crippen molar-refractivity contribution in [3.8, 4) is 5.75 Å². The van der Waals surface area contributed by atoms with Gasteiger partial charge in [0.2, 0.25) is 0 Å². The van der Waals surface area contributed by atoms with Crippen LogP contribution in [0.1, 0.15) is 0 Å². The van der Waals surface area contributed by atoms with Crippen LogP contribution in [-0.2, 0) is 0 Å². The van der Waals surface area contributed by atoms with Crippen LogP contribution in [0.3, 0.4) is 0 Å². The van der Waals surface area contributed by atoms with Crippen molar-refractivity contribution in [3.63, 3.8) is 0 Å². The zero-order chi connectivity index (χ0) is 11.8. The summed E-state index contributed by atoms with van der Waals surface area (Å²) in [5.41, 5.74) is 6.36. The maximum Gasteiger partial charge on any atom is 0.142 e. The molecule has 0 aliphatic rings. The smallest absolute Gasteiger partial charge is 0.142 e. The number of para-hydroxylation sites is 2. The van der Waals surface area contributed by atoms with Gasteiger partial charge in [-0.05, 0) is 12.1 Å². The van der Waals surface area contributed by atoms with E-state index in [2.05, 4.69) is 16.8 Å². The van der Waals surface area contributed by atoms with Gasteiger partial charge in [0.15, 0.2) is 0 Å². The monoisotopic (exact) mass is 220 g/mol. The third-order valence-corrected chi connectivity index (χ3v) is 1.93. The van der Waals surface area contributed by atoms with Crippen molar-refractivity contribution in [2.75, 3.05) is 25.9 Å². The van der Waals surface area contributed by atoms with Gasteiger partial charge < -0.3 is 10.5 Å². The van der Waals surface area contributed by atoms with E-state index in [1.54, 1.807) is 24.5 Å². The fraction of sp³-hybridized carbons (Fsp3) is 0.273. The number of nitrogen functional groups attached to an aromatic ring is 1. The standard InChI is InChI=1S/C11H16N4O/c1-13-9-15(14-2)7-8-16-11-6-4-3-5-10(11)12/h3-6,9H,2,7-8,12H2,1H3. The van der Waals surface area contributed by atoms with Crippen LogP contribution in [0.15, 0.2) is 34.4 Å². The molecule has 0 bridgehead atoms. The topological polar surface area (TPSA) is 63.2 Å². The summed E-state index contributed by atoms with van der Waals surface area (Å²) in [4.78, 5) is 3.84. The minimum Gasteiger partial charge on any atom is -0.489 e. The van der Waals surface area contributed by atoms with Crippen molar-refractivity contribution in [2.45, 2.75) is 0 Å². The molecule has 0 unspecified atom stereocenters. The van der Waals surface area contributed by atoms with Crippen molar-refractivity contribution in [1.29, 1.82) is 0 Å². The van der Waals surface area contributed by atoms with Gasteiger partial charge in [0.1, 0.15) is 18.7 Å². The highest BCUT2D eigenvalue weighted by atomic mass is 16.5. The highest BCUT2D eigenvalue weighted by molar-refractivity contribution is 5.55. The first-order chi connectivity index (χ1) is 7.77. The van der Waals surface area contributed by atoms with Gasteiger partial charge in [0.05, 0.1) is 12.2 Å². The van der Waals surface area contributed by atoms with E-state index in [9.17, 15) is 0 Å². The summed E-state index contributed by atoms with van der Waals surface area (Å²) in [6.07, 6.45) is 1.59. The van der Waals surface area contributed by atoms with Gasteiger partial charge in [-0.15, -0.1) is 0 Å². The third kappa shape index (κ3) is 3.61. The van der Waals surface area contributed by atoms with Crippen LogP contribution in [0.5, 0.6) is 5.75 Å². The molecule has 1 rings (SSSR count). The average Bonchev–Trinajstić information content (AvgIpc) is 2.30. The van der Waals surface area contributed by atoms with E-state index in [0.29, 0.717) is 24.6 Å². The van der Waals surface area contributed by atoms with E-state index in [1.165, 1.54) is 0 Å². The molecular formula is C11H16N4O. The molecule has 0 heterocycles. The lowest BCUT2D eigenvalue weighted by molar-refractivity contribution is 0.277. The summed E-state index contributed by atoms with van der Waals surface area (Å²) in [5, 5.41) is 5.35. The van der Waals surface area contributed by atoms with Crippen LogP contribution in [0.2, 0.25) is 0 Å². The molecule has 5 nitrogen and oxygen atoms in total. The van der Waals surface area contributed by atoms with Crippen molar-refractivity contribution < 1.29 is 4.74 Å². The van der Waals surface area contributed by atoms with Gasteiger partial charge in [-0.2, -0.15) is 5.10 Å². The van der Waals surface area contributed by atoms with Gasteiger partial charge in [-0.25, -0.2) is 0 Å². The predicted octanol–water partition coefficient (Wildman–Crippen LogP) is 1.22. The molecule has 0 radical (unpaired) electrons. The number of rotatable bonds is 6. The Labute approximate surface area is 95.2 Å². The van der Waals surface area contributed by atoms with E-state index < -0.39 is 0 Å². The van der Waals surface area contributed by atoms with Gasteiger partial charge in [0, 0.05) is 13.8 Å². The van der Waals surface area contributed by atoms with Crippen LogP contribution in [0.4, 0.5) is 5.69 Å². The first-order valence-corrected chi connectivity index (χ1v) is 4.90. The van der Waals surface area contributed by atoms with E-state index >= 15 is 0 Å². The van der Waals surface area contributed by atoms with Crippen LogP contribution in [0, 0.1) is 0 Å². The number of hydrazone groups is 1. The minimum atomic E-state index is 0.471.